The van der Waals surface area contributed by atoms with E-state index in [9.17, 15) is 0 Å². The lowest BCUT2D eigenvalue weighted by Gasteiger charge is -2.35. The monoisotopic (exact) mass is 837 g/mol. The molecule has 0 bridgehead atoms. The number of rotatable bonds is 5. The zero-order valence-electron chi connectivity index (χ0n) is 36.3. The zero-order valence-corrected chi connectivity index (χ0v) is 36.3. The highest BCUT2D eigenvalue weighted by molar-refractivity contribution is 6.15. The Morgan fingerprint density at radius 1 is 0.364 bits per heavy atom. The second-order valence-electron chi connectivity index (χ2n) is 18.2. The van der Waals surface area contributed by atoms with Gasteiger partial charge in [0.05, 0.1) is 11.1 Å². The van der Waals surface area contributed by atoms with Gasteiger partial charge in [-0.15, -0.1) is 0 Å². The van der Waals surface area contributed by atoms with Gasteiger partial charge in [0, 0.05) is 28.8 Å². The van der Waals surface area contributed by atoms with Crippen LogP contribution in [-0.4, -0.2) is 0 Å². The maximum atomic E-state index is 2.56. The number of anilines is 3. The second-order valence-corrected chi connectivity index (χ2v) is 18.2. The predicted octanol–water partition coefficient (Wildman–Crippen LogP) is 16.7. The third-order valence-electron chi connectivity index (χ3n) is 15.0. The summed E-state index contributed by atoms with van der Waals surface area (Å²) in [5.41, 5.74) is 21.1. The molecule has 10 aromatic rings. The zero-order chi connectivity index (χ0) is 43.3. The molecular weight excluding hydrogens is 795 g/mol. The fraction of sp³-hybridized carbons (Fsp3) is 0.0462. The maximum Gasteiger partial charge on any atom is 0.0726 e. The molecular formula is C65H43N. The van der Waals surface area contributed by atoms with Crippen molar-refractivity contribution in [1.82, 2.24) is 0 Å². The summed E-state index contributed by atoms with van der Waals surface area (Å²) >= 11 is 0. The third kappa shape index (κ3) is 5.17. The van der Waals surface area contributed by atoms with E-state index >= 15 is 0 Å². The first-order valence-electron chi connectivity index (χ1n) is 23.3. The molecule has 4 aliphatic rings. The second kappa shape index (κ2) is 14.4. The third-order valence-corrected chi connectivity index (χ3v) is 15.0. The first kappa shape index (κ1) is 37.1. The first-order valence-corrected chi connectivity index (χ1v) is 23.3. The molecule has 0 saturated heterocycles. The fourth-order valence-corrected chi connectivity index (χ4v) is 12.4. The van der Waals surface area contributed by atoms with Crippen molar-refractivity contribution in [3.05, 3.63) is 288 Å². The van der Waals surface area contributed by atoms with Gasteiger partial charge in [-0.1, -0.05) is 212 Å². The summed E-state index contributed by atoms with van der Waals surface area (Å²) in [5.74, 6) is 0.504. The topological polar surface area (TPSA) is 3.24 Å². The molecule has 1 nitrogen and oxygen atoms in total. The normalized spacial score (nSPS) is 16.6. The molecule has 2 atom stereocenters. The van der Waals surface area contributed by atoms with E-state index in [0.717, 1.165) is 17.1 Å². The Hall–Kier alpha value is -8.26. The Balaban J connectivity index is 1.09. The minimum absolute atomic E-state index is 0.222. The van der Waals surface area contributed by atoms with E-state index in [0.29, 0.717) is 0 Å². The van der Waals surface area contributed by atoms with Crippen molar-refractivity contribution in [3.63, 3.8) is 0 Å². The average Bonchev–Trinajstić information content (AvgIpc) is 3.86. The van der Waals surface area contributed by atoms with Gasteiger partial charge in [-0.05, 0) is 130 Å². The van der Waals surface area contributed by atoms with Crippen LogP contribution in [0.5, 0.6) is 0 Å². The molecule has 14 rings (SSSR count). The van der Waals surface area contributed by atoms with Crippen LogP contribution in [-0.2, 0) is 5.41 Å². The van der Waals surface area contributed by atoms with Crippen LogP contribution in [0.1, 0.15) is 44.9 Å². The molecule has 0 N–H and O–H groups in total. The molecule has 1 spiro atoms. The molecule has 10 aromatic carbocycles. The van der Waals surface area contributed by atoms with Crippen LogP contribution in [0.15, 0.2) is 249 Å². The molecule has 2 unspecified atom stereocenters. The number of nitrogens with zero attached hydrogens (tertiary/aromatic N) is 1. The summed E-state index contributed by atoms with van der Waals surface area (Å²) < 4.78 is 0. The highest BCUT2D eigenvalue weighted by Gasteiger charge is 2.51. The van der Waals surface area contributed by atoms with Gasteiger partial charge in [0.25, 0.3) is 0 Å². The van der Waals surface area contributed by atoms with Gasteiger partial charge in [0.2, 0.25) is 0 Å². The van der Waals surface area contributed by atoms with Crippen LogP contribution in [0.3, 0.4) is 0 Å². The van der Waals surface area contributed by atoms with Crippen molar-refractivity contribution in [2.24, 2.45) is 5.92 Å². The molecule has 0 aliphatic heterocycles. The molecule has 0 radical (unpaired) electrons. The van der Waals surface area contributed by atoms with Crippen LogP contribution < -0.4 is 4.90 Å². The van der Waals surface area contributed by atoms with Gasteiger partial charge in [-0.2, -0.15) is 0 Å². The SMILES string of the molecule is C1=CC2C=C(c3c(-c4cc5ccccc5c5ccccc45)cccc3N(c3ccccc3)c3ccc4c(c3)C3(c5ccccc5-c5ccccc53)c3ccccc3-4)c3ccccc3C2C=C1. The molecule has 0 fully saturated rings. The molecule has 1 heteroatoms. The lowest BCUT2D eigenvalue weighted by molar-refractivity contribution is 0.689. The van der Waals surface area contributed by atoms with E-state index in [1.54, 1.807) is 0 Å². The number of fused-ring (bicyclic) bond motifs is 16. The van der Waals surface area contributed by atoms with Crippen molar-refractivity contribution in [3.8, 4) is 33.4 Å². The lowest BCUT2D eigenvalue weighted by atomic mass is 9.70. The Morgan fingerprint density at radius 2 is 0.939 bits per heavy atom. The molecule has 0 amide bonds. The Bertz CT molecular complexity index is 3670. The molecule has 66 heavy (non-hydrogen) atoms. The minimum Gasteiger partial charge on any atom is -0.310 e. The van der Waals surface area contributed by atoms with Crippen molar-refractivity contribution >= 4 is 44.2 Å². The first-order chi connectivity index (χ1) is 32.8. The number of para-hydroxylation sites is 1. The largest absolute Gasteiger partial charge is 0.310 e. The fourth-order valence-electron chi connectivity index (χ4n) is 12.4. The maximum absolute atomic E-state index is 2.56. The summed E-state index contributed by atoms with van der Waals surface area (Å²) in [5, 5.41) is 5.02. The highest BCUT2D eigenvalue weighted by Crippen LogP contribution is 2.63. The van der Waals surface area contributed by atoms with Gasteiger partial charge < -0.3 is 4.90 Å². The summed E-state index contributed by atoms with van der Waals surface area (Å²) in [6, 6.07) is 82.0. The van der Waals surface area contributed by atoms with E-state index in [-0.39, 0.29) is 11.8 Å². The summed E-state index contributed by atoms with van der Waals surface area (Å²) in [4.78, 5) is 2.54. The van der Waals surface area contributed by atoms with Gasteiger partial charge in [0.1, 0.15) is 0 Å². The molecule has 0 heterocycles. The molecule has 0 saturated carbocycles. The smallest absolute Gasteiger partial charge is 0.0726 e. The van der Waals surface area contributed by atoms with Crippen LogP contribution in [0.4, 0.5) is 17.1 Å². The highest BCUT2D eigenvalue weighted by atomic mass is 15.1. The van der Waals surface area contributed by atoms with E-state index in [1.807, 2.05) is 0 Å². The Morgan fingerprint density at radius 3 is 1.68 bits per heavy atom. The van der Waals surface area contributed by atoms with Gasteiger partial charge in [-0.25, -0.2) is 0 Å². The van der Waals surface area contributed by atoms with Gasteiger partial charge >= 0.3 is 0 Å². The van der Waals surface area contributed by atoms with Crippen molar-refractivity contribution in [1.29, 1.82) is 0 Å². The van der Waals surface area contributed by atoms with Crippen LogP contribution in [0.25, 0.3) is 60.5 Å². The van der Waals surface area contributed by atoms with E-state index in [4.69, 9.17) is 0 Å². The minimum atomic E-state index is -0.465. The predicted molar refractivity (Wildman–Crippen MR) is 276 cm³/mol. The van der Waals surface area contributed by atoms with Gasteiger partial charge in [-0.3, -0.25) is 0 Å². The van der Waals surface area contributed by atoms with Crippen LogP contribution in [0, 0.1) is 5.92 Å². The average molecular weight is 838 g/mol. The summed E-state index contributed by atoms with van der Waals surface area (Å²) in [6.45, 7) is 0. The van der Waals surface area contributed by atoms with E-state index in [2.05, 4.69) is 254 Å². The van der Waals surface area contributed by atoms with E-state index in [1.165, 1.54) is 99.4 Å². The van der Waals surface area contributed by atoms with Crippen LogP contribution in [0.2, 0.25) is 0 Å². The Labute approximate surface area is 385 Å². The standard InChI is InChI=1S/C65H43N/c1-2-21-44(22-3-1)66(45-37-38-55-54-31-14-17-35-61(54)65(62(55)41-45)59-33-15-12-29-52(59)53-30-13-16-34-60(53)65)63-36-18-32-56(57-39-42-19-4-6-23-46(42)48-25-8-10-27-50(48)57)64(63)58-40-43-20-5-7-24-47(43)49-26-9-11-28-51(49)58/h1-41,43,47H. The van der Waals surface area contributed by atoms with Crippen molar-refractivity contribution in [2.45, 2.75) is 11.3 Å². The number of allylic oxidation sites excluding steroid dienone is 5. The Kier molecular flexibility index (Phi) is 8.09. The van der Waals surface area contributed by atoms with Crippen molar-refractivity contribution in [2.75, 3.05) is 4.90 Å². The quantitative estimate of drug-likeness (QED) is 0.156. The number of hydrogen-bond donors (Lipinski definition) is 0. The number of hydrogen-bond acceptors (Lipinski definition) is 1. The molecule has 4 aliphatic carbocycles. The van der Waals surface area contributed by atoms with Crippen LogP contribution >= 0.6 is 0 Å². The summed E-state index contributed by atoms with van der Waals surface area (Å²) in [6.07, 6.45) is 11.8. The van der Waals surface area contributed by atoms with E-state index < -0.39 is 5.41 Å². The number of benzene rings is 10. The molecule has 0 aromatic heterocycles. The molecule has 308 valence electrons. The van der Waals surface area contributed by atoms with Crippen molar-refractivity contribution < 1.29 is 0 Å². The lowest BCUT2D eigenvalue weighted by Crippen LogP contribution is -2.26. The summed E-state index contributed by atoms with van der Waals surface area (Å²) in [7, 11) is 0. The van der Waals surface area contributed by atoms with Gasteiger partial charge in [0.15, 0.2) is 0 Å².